The zero-order valence-corrected chi connectivity index (χ0v) is 22.6. The Bertz CT molecular complexity index is 1950. The molecule has 222 valence electrons. The number of aromatic amines is 1. The van der Waals surface area contributed by atoms with Gasteiger partial charge in [0.25, 0.3) is 11.4 Å². The third kappa shape index (κ3) is 4.76. The summed E-state index contributed by atoms with van der Waals surface area (Å²) in [4.78, 5) is 38.7. The number of rotatable bonds is 7. The topological polar surface area (TPSA) is 141 Å². The zero-order chi connectivity index (χ0) is 29.9. The van der Waals surface area contributed by atoms with E-state index in [1.165, 1.54) is 4.57 Å². The lowest BCUT2D eigenvalue weighted by atomic mass is 9.92. The smallest absolute Gasteiger partial charge is 0.419 e. The van der Waals surface area contributed by atoms with E-state index in [2.05, 4.69) is 20.1 Å². The highest BCUT2D eigenvalue weighted by atomic mass is 19.4. The lowest BCUT2D eigenvalue weighted by molar-refractivity contribution is -0.138. The Morgan fingerprint density at radius 1 is 0.953 bits per heavy atom. The van der Waals surface area contributed by atoms with Crippen LogP contribution in [0.1, 0.15) is 62.0 Å². The quantitative estimate of drug-likeness (QED) is 0.257. The summed E-state index contributed by atoms with van der Waals surface area (Å²) in [6.45, 7) is -0.0888. The molecule has 0 spiro atoms. The van der Waals surface area contributed by atoms with Crippen molar-refractivity contribution in [3.05, 3.63) is 74.7 Å². The van der Waals surface area contributed by atoms with Gasteiger partial charge in [-0.05, 0) is 81.0 Å². The van der Waals surface area contributed by atoms with E-state index in [0.717, 1.165) is 56.7 Å². The van der Waals surface area contributed by atoms with Crippen LogP contribution in [0.15, 0.2) is 56.6 Å². The standard InChI is InChI=1S/C29H25F3N6O5/c30-29(31,32)20-12-9-16(13-21(20)39)26-33-22(36-43-26)14-42-19-10-7-15(8-11-19)24-34-23-25(35-24)37(17-3-1-4-17)28(41)38(27(23)40)18-5-2-6-18/h7-13,17-18,39H,1-6,14H2,(H,34,35). The highest BCUT2D eigenvalue weighted by Crippen LogP contribution is 2.38. The molecule has 7 rings (SSSR count). The molecule has 3 aromatic heterocycles. The van der Waals surface area contributed by atoms with Crippen molar-refractivity contribution in [2.75, 3.05) is 0 Å². The molecule has 14 heteroatoms. The Balaban J connectivity index is 1.09. The Morgan fingerprint density at radius 3 is 2.26 bits per heavy atom. The van der Waals surface area contributed by atoms with E-state index < -0.39 is 17.5 Å². The maximum absolute atomic E-state index is 13.4. The molecule has 0 aliphatic heterocycles. The number of alkyl halides is 3. The van der Waals surface area contributed by atoms with Crippen molar-refractivity contribution in [3.8, 4) is 34.3 Å². The minimum atomic E-state index is -4.69. The summed E-state index contributed by atoms with van der Waals surface area (Å²) in [5, 5.41) is 13.5. The summed E-state index contributed by atoms with van der Waals surface area (Å²) in [6, 6.07) is 9.65. The molecule has 0 bridgehead atoms. The van der Waals surface area contributed by atoms with Crippen molar-refractivity contribution in [1.29, 1.82) is 0 Å². The number of nitrogens with zero attached hydrogens (tertiary/aromatic N) is 5. The van der Waals surface area contributed by atoms with Crippen LogP contribution in [0, 0.1) is 0 Å². The number of nitrogens with one attached hydrogen (secondary N) is 1. The summed E-state index contributed by atoms with van der Waals surface area (Å²) in [6.07, 6.45) is 0.727. The first-order chi connectivity index (χ1) is 20.7. The van der Waals surface area contributed by atoms with E-state index in [0.29, 0.717) is 28.3 Å². The van der Waals surface area contributed by atoms with Gasteiger partial charge in [-0.1, -0.05) is 5.16 Å². The molecule has 0 unspecified atom stereocenters. The van der Waals surface area contributed by atoms with Gasteiger partial charge in [-0.15, -0.1) is 0 Å². The van der Waals surface area contributed by atoms with Crippen LogP contribution in [0.25, 0.3) is 34.0 Å². The Kier molecular flexibility index (Phi) is 6.36. The van der Waals surface area contributed by atoms with Crippen molar-refractivity contribution in [3.63, 3.8) is 0 Å². The predicted octanol–water partition coefficient (Wildman–Crippen LogP) is 5.36. The highest BCUT2D eigenvalue weighted by molar-refractivity contribution is 5.76. The molecule has 2 N–H and O–H groups in total. The fourth-order valence-corrected chi connectivity index (χ4v) is 5.37. The molecular formula is C29H25F3N6O5. The molecule has 3 heterocycles. The summed E-state index contributed by atoms with van der Waals surface area (Å²) in [5.74, 6) is 0.0603. The Morgan fingerprint density at radius 2 is 1.63 bits per heavy atom. The molecular weight excluding hydrogens is 569 g/mol. The number of phenolic OH excluding ortho intramolecular Hbond substituents is 1. The number of halogens is 3. The van der Waals surface area contributed by atoms with Gasteiger partial charge in [-0.3, -0.25) is 13.9 Å². The third-order valence-electron chi connectivity index (χ3n) is 8.15. The van der Waals surface area contributed by atoms with Gasteiger partial charge in [0.1, 0.15) is 22.8 Å². The van der Waals surface area contributed by atoms with Crippen LogP contribution in [0.3, 0.4) is 0 Å². The van der Waals surface area contributed by atoms with Gasteiger partial charge in [0.2, 0.25) is 5.82 Å². The maximum Gasteiger partial charge on any atom is 0.419 e. The van der Waals surface area contributed by atoms with E-state index >= 15 is 0 Å². The molecule has 2 fully saturated rings. The van der Waals surface area contributed by atoms with Gasteiger partial charge in [0, 0.05) is 23.2 Å². The first-order valence-corrected chi connectivity index (χ1v) is 13.9. The van der Waals surface area contributed by atoms with E-state index in [1.807, 2.05) is 0 Å². The molecule has 11 nitrogen and oxygen atoms in total. The van der Waals surface area contributed by atoms with E-state index in [-0.39, 0.29) is 47.2 Å². The van der Waals surface area contributed by atoms with Gasteiger partial charge in [-0.25, -0.2) is 9.78 Å². The summed E-state index contributed by atoms with van der Waals surface area (Å²) < 4.78 is 52.6. The number of imidazole rings is 1. The number of hydrogen-bond acceptors (Lipinski definition) is 8. The first kappa shape index (κ1) is 27.0. The Hall–Kier alpha value is -4.88. The number of hydrogen-bond donors (Lipinski definition) is 2. The monoisotopic (exact) mass is 594 g/mol. The molecule has 2 aliphatic rings. The number of ether oxygens (including phenoxy) is 1. The van der Waals surface area contributed by atoms with Crippen LogP contribution in [0.2, 0.25) is 0 Å². The lowest BCUT2D eigenvalue weighted by Crippen LogP contribution is -2.46. The summed E-state index contributed by atoms with van der Waals surface area (Å²) in [5.41, 5.74) is -0.276. The zero-order valence-electron chi connectivity index (χ0n) is 22.6. The van der Waals surface area contributed by atoms with E-state index in [4.69, 9.17) is 9.26 Å². The van der Waals surface area contributed by atoms with Crippen molar-refractivity contribution >= 4 is 11.2 Å². The number of phenols is 1. The molecule has 5 aromatic rings. The average Bonchev–Trinajstić information content (AvgIpc) is 3.58. The van der Waals surface area contributed by atoms with Crippen LogP contribution in [0.5, 0.6) is 11.5 Å². The number of aromatic hydroxyl groups is 1. The van der Waals surface area contributed by atoms with E-state index in [9.17, 15) is 27.9 Å². The second-order valence-electron chi connectivity index (χ2n) is 10.8. The second kappa shape index (κ2) is 10.1. The Labute approximate surface area is 240 Å². The number of H-pyrrole nitrogens is 1. The largest absolute Gasteiger partial charge is 0.507 e. The van der Waals surface area contributed by atoms with Crippen LogP contribution in [-0.4, -0.2) is 34.3 Å². The van der Waals surface area contributed by atoms with Crippen molar-refractivity contribution in [2.24, 2.45) is 0 Å². The first-order valence-electron chi connectivity index (χ1n) is 13.9. The lowest BCUT2D eigenvalue weighted by Gasteiger charge is -2.31. The fraction of sp³-hybridized carbons (Fsp3) is 0.345. The SMILES string of the molecule is O=c1c2[nH]c(-c3ccc(OCc4noc(-c5ccc(C(F)(F)F)c(O)c5)n4)cc3)nc2n(C2CCC2)c(=O)n1C1CCC1. The predicted molar refractivity (Wildman–Crippen MR) is 147 cm³/mol. The minimum Gasteiger partial charge on any atom is -0.507 e. The van der Waals surface area contributed by atoms with Crippen LogP contribution in [-0.2, 0) is 12.8 Å². The van der Waals surface area contributed by atoms with Crippen LogP contribution in [0.4, 0.5) is 13.2 Å². The van der Waals surface area contributed by atoms with Gasteiger partial charge >= 0.3 is 11.9 Å². The van der Waals surface area contributed by atoms with Crippen molar-refractivity contribution in [2.45, 2.75) is 63.4 Å². The summed E-state index contributed by atoms with van der Waals surface area (Å²) >= 11 is 0. The molecule has 0 atom stereocenters. The van der Waals surface area contributed by atoms with Gasteiger partial charge < -0.3 is 19.4 Å². The molecule has 0 radical (unpaired) electrons. The number of aromatic nitrogens is 6. The molecule has 2 aromatic carbocycles. The molecule has 0 amide bonds. The van der Waals surface area contributed by atoms with Gasteiger partial charge in [-0.2, -0.15) is 18.2 Å². The summed E-state index contributed by atoms with van der Waals surface area (Å²) in [7, 11) is 0. The highest BCUT2D eigenvalue weighted by Gasteiger charge is 2.34. The molecule has 2 aliphatic carbocycles. The van der Waals surface area contributed by atoms with Crippen LogP contribution < -0.4 is 16.0 Å². The second-order valence-corrected chi connectivity index (χ2v) is 10.8. The average molecular weight is 595 g/mol. The van der Waals surface area contributed by atoms with E-state index in [1.54, 1.807) is 28.8 Å². The van der Waals surface area contributed by atoms with Crippen molar-refractivity contribution in [1.82, 2.24) is 29.2 Å². The van der Waals surface area contributed by atoms with Gasteiger partial charge in [0.15, 0.2) is 12.3 Å². The number of benzene rings is 2. The van der Waals surface area contributed by atoms with Gasteiger partial charge in [0.05, 0.1) is 5.56 Å². The fourth-order valence-electron chi connectivity index (χ4n) is 5.37. The normalized spacial score (nSPS) is 15.9. The molecule has 0 saturated heterocycles. The maximum atomic E-state index is 13.4. The van der Waals surface area contributed by atoms with Crippen LogP contribution >= 0.6 is 0 Å². The third-order valence-corrected chi connectivity index (χ3v) is 8.15. The molecule has 43 heavy (non-hydrogen) atoms. The van der Waals surface area contributed by atoms with Crippen molar-refractivity contribution < 1.29 is 27.5 Å². The number of fused-ring (bicyclic) bond motifs is 1. The molecule has 2 saturated carbocycles. The minimum absolute atomic E-state index is 0.0319.